The Morgan fingerprint density at radius 1 is 1.44 bits per heavy atom. The number of halogens is 1. The van der Waals surface area contributed by atoms with Crippen molar-refractivity contribution in [3.05, 3.63) is 27.8 Å². The topological polar surface area (TPSA) is 32.3 Å². The van der Waals surface area contributed by atoms with Crippen molar-refractivity contribution in [2.75, 3.05) is 18.4 Å². The third-order valence-electron chi connectivity index (χ3n) is 3.43. The summed E-state index contributed by atoms with van der Waals surface area (Å²) in [4.78, 5) is 14.2. The molecule has 0 saturated carbocycles. The lowest BCUT2D eigenvalue weighted by atomic mass is 10.0. The van der Waals surface area contributed by atoms with Crippen molar-refractivity contribution < 1.29 is 4.79 Å². The molecule has 1 N–H and O–H groups in total. The second-order valence-electron chi connectivity index (χ2n) is 4.77. The van der Waals surface area contributed by atoms with Gasteiger partial charge in [-0.1, -0.05) is 12.1 Å². The standard InChI is InChI=1S/C14H19IN2O/c1-11-6-4-5-9-17(11)14(18)10-16-13-8-3-2-7-12(13)15/h2-3,7-8,11,16H,4-6,9-10H2,1H3. The van der Waals surface area contributed by atoms with E-state index in [1.165, 1.54) is 6.42 Å². The van der Waals surface area contributed by atoms with Crippen LogP contribution in [-0.2, 0) is 4.79 Å². The predicted molar refractivity (Wildman–Crippen MR) is 82.7 cm³/mol. The molecule has 1 unspecified atom stereocenters. The fraction of sp³-hybridized carbons (Fsp3) is 0.500. The molecule has 0 aliphatic carbocycles. The average molecular weight is 358 g/mol. The number of nitrogens with one attached hydrogen (secondary N) is 1. The van der Waals surface area contributed by atoms with Gasteiger partial charge in [0.25, 0.3) is 0 Å². The third kappa shape index (κ3) is 3.37. The average Bonchev–Trinajstić information content (AvgIpc) is 2.38. The lowest BCUT2D eigenvalue weighted by molar-refractivity contribution is -0.132. The Balaban J connectivity index is 1.90. The number of piperidine rings is 1. The van der Waals surface area contributed by atoms with Crippen LogP contribution < -0.4 is 5.32 Å². The molecule has 0 spiro atoms. The Kier molecular flexibility index (Phi) is 4.86. The highest BCUT2D eigenvalue weighted by atomic mass is 127. The van der Waals surface area contributed by atoms with E-state index in [9.17, 15) is 4.79 Å². The third-order valence-corrected chi connectivity index (χ3v) is 4.37. The number of likely N-dealkylation sites (tertiary alicyclic amines) is 1. The van der Waals surface area contributed by atoms with Crippen LogP contribution in [0.4, 0.5) is 5.69 Å². The van der Waals surface area contributed by atoms with Crippen molar-refractivity contribution in [2.45, 2.75) is 32.2 Å². The van der Waals surface area contributed by atoms with E-state index in [2.05, 4.69) is 34.8 Å². The van der Waals surface area contributed by atoms with E-state index in [1.807, 2.05) is 29.2 Å². The normalized spacial score (nSPS) is 19.7. The van der Waals surface area contributed by atoms with Gasteiger partial charge in [0.1, 0.15) is 0 Å². The maximum absolute atomic E-state index is 12.2. The van der Waals surface area contributed by atoms with Crippen molar-refractivity contribution in [1.82, 2.24) is 4.90 Å². The first-order valence-corrected chi connectivity index (χ1v) is 7.54. The number of amides is 1. The Labute approximate surface area is 122 Å². The number of carbonyl (C=O) groups is 1. The van der Waals surface area contributed by atoms with E-state index in [4.69, 9.17) is 0 Å². The first-order chi connectivity index (χ1) is 8.68. The number of carbonyl (C=O) groups excluding carboxylic acids is 1. The number of para-hydroxylation sites is 1. The van der Waals surface area contributed by atoms with Crippen LogP contribution in [0.5, 0.6) is 0 Å². The van der Waals surface area contributed by atoms with Gasteiger partial charge in [0, 0.05) is 21.8 Å². The van der Waals surface area contributed by atoms with Gasteiger partial charge >= 0.3 is 0 Å². The molecule has 1 aliphatic heterocycles. The number of rotatable bonds is 3. The molecule has 98 valence electrons. The molecule has 3 nitrogen and oxygen atoms in total. The second-order valence-corrected chi connectivity index (χ2v) is 5.93. The minimum atomic E-state index is 0.210. The number of nitrogens with zero attached hydrogens (tertiary/aromatic N) is 1. The molecule has 0 bridgehead atoms. The molecule has 1 saturated heterocycles. The largest absolute Gasteiger partial charge is 0.375 e. The van der Waals surface area contributed by atoms with Gasteiger partial charge in [-0.25, -0.2) is 0 Å². The van der Waals surface area contributed by atoms with Gasteiger partial charge < -0.3 is 10.2 Å². The zero-order valence-electron chi connectivity index (χ0n) is 10.7. The highest BCUT2D eigenvalue weighted by Gasteiger charge is 2.22. The summed E-state index contributed by atoms with van der Waals surface area (Å²) in [6, 6.07) is 8.42. The summed E-state index contributed by atoms with van der Waals surface area (Å²) in [5.41, 5.74) is 1.04. The van der Waals surface area contributed by atoms with Gasteiger partial charge in [0.2, 0.25) is 5.91 Å². The Morgan fingerprint density at radius 3 is 2.94 bits per heavy atom. The van der Waals surface area contributed by atoms with Gasteiger partial charge in [-0.15, -0.1) is 0 Å². The maximum atomic E-state index is 12.2. The van der Waals surface area contributed by atoms with Crippen LogP contribution >= 0.6 is 22.6 Å². The van der Waals surface area contributed by atoms with E-state index in [0.29, 0.717) is 12.6 Å². The number of hydrogen-bond acceptors (Lipinski definition) is 2. The number of hydrogen-bond donors (Lipinski definition) is 1. The molecule has 1 fully saturated rings. The van der Waals surface area contributed by atoms with E-state index < -0.39 is 0 Å². The fourth-order valence-electron chi connectivity index (χ4n) is 2.35. The van der Waals surface area contributed by atoms with Gasteiger partial charge in [0.15, 0.2) is 0 Å². The van der Waals surface area contributed by atoms with Crippen molar-refractivity contribution >= 4 is 34.2 Å². The highest BCUT2D eigenvalue weighted by Crippen LogP contribution is 2.18. The highest BCUT2D eigenvalue weighted by molar-refractivity contribution is 14.1. The maximum Gasteiger partial charge on any atom is 0.242 e. The van der Waals surface area contributed by atoms with E-state index in [0.717, 1.165) is 28.6 Å². The van der Waals surface area contributed by atoms with Gasteiger partial charge in [0.05, 0.1) is 6.54 Å². The Bertz CT molecular complexity index is 422. The molecule has 1 heterocycles. The summed E-state index contributed by atoms with van der Waals surface area (Å²) in [5.74, 6) is 0.210. The van der Waals surface area contributed by atoms with Gasteiger partial charge in [-0.2, -0.15) is 0 Å². The summed E-state index contributed by atoms with van der Waals surface area (Å²) in [6.45, 7) is 3.45. The van der Waals surface area contributed by atoms with Crippen LogP contribution in [0.1, 0.15) is 26.2 Å². The molecule has 18 heavy (non-hydrogen) atoms. The lowest BCUT2D eigenvalue weighted by Crippen LogP contribution is -2.44. The van der Waals surface area contributed by atoms with Crippen molar-refractivity contribution in [3.63, 3.8) is 0 Å². The van der Waals surface area contributed by atoms with E-state index in [-0.39, 0.29) is 5.91 Å². The van der Waals surface area contributed by atoms with Gasteiger partial charge in [-0.05, 0) is 60.9 Å². The molecular weight excluding hydrogens is 339 g/mol. The molecule has 1 aromatic rings. The van der Waals surface area contributed by atoms with Crippen LogP contribution in [-0.4, -0.2) is 29.9 Å². The smallest absolute Gasteiger partial charge is 0.242 e. The fourth-order valence-corrected chi connectivity index (χ4v) is 2.92. The molecule has 0 aromatic heterocycles. The van der Waals surface area contributed by atoms with Crippen LogP contribution in [0, 0.1) is 3.57 Å². The molecule has 1 amide bonds. The summed E-state index contributed by atoms with van der Waals surface area (Å²) < 4.78 is 1.15. The quantitative estimate of drug-likeness (QED) is 0.843. The molecule has 1 aromatic carbocycles. The molecular formula is C14H19IN2O. The van der Waals surface area contributed by atoms with Gasteiger partial charge in [-0.3, -0.25) is 4.79 Å². The molecule has 0 radical (unpaired) electrons. The first-order valence-electron chi connectivity index (χ1n) is 6.46. The SMILES string of the molecule is CC1CCCCN1C(=O)CNc1ccccc1I. The van der Waals surface area contributed by atoms with E-state index in [1.54, 1.807) is 0 Å². The second kappa shape index (κ2) is 6.41. The minimum absolute atomic E-state index is 0.210. The number of benzene rings is 1. The van der Waals surface area contributed by atoms with Crippen LogP contribution in [0.3, 0.4) is 0 Å². The summed E-state index contributed by atoms with van der Waals surface area (Å²) in [7, 11) is 0. The predicted octanol–water partition coefficient (Wildman–Crippen LogP) is 3.10. The zero-order chi connectivity index (χ0) is 13.0. The Hall–Kier alpha value is -0.780. The molecule has 4 heteroatoms. The van der Waals surface area contributed by atoms with Crippen molar-refractivity contribution in [3.8, 4) is 0 Å². The van der Waals surface area contributed by atoms with Crippen LogP contribution in [0.15, 0.2) is 24.3 Å². The van der Waals surface area contributed by atoms with Crippen molar-refractivity contribution in [1.29, 1.82) is 0 Å². The van der Waals surface area contributed by atoms with Crippen molar-refractivity contribution in [2.24, 2.45) is 0 Å². The van der Waals surface area contributed by atoms with E-state index >= 15 is 0 Å². The summed E-state index contributed by atoms with van der Waals surface area (Å²) >= 11 is 2.28. The van der Waals surface area contributed by atoms with Crippen LogP contribution in [0.2, 0.25) is 0 Å². The minimum Gasteiger partial charge on any atom is -0.375 e. The molecule has 1 aliphatic rings. The summed E-state index contributed by atoms with van der Waals surface area (Å²) in [5, 5.41) is 3.23. The zero-order valence-corrected chi connectivity index (χ0v) is 12.8. The molecule has 2 rings (SSSR count). The lowest BCUT2D eigenvalue weighted by Gasteiger charge is -2.33. The number of anilines is 1. The monoisotopic (exact) mass is 358 g/mol. The summed E-state index contributed by atoms with van der Waals surface area (Å²) in [6.07, 6.45) is 3.52. The Morgan fingerprint density at radius 2 is 2.22 bits per heavy atom. The first kappa shape index (κ1) is 13.6. The van der Waals surface area contributed by atoms with Crippen LogP contribution in [0.25, 0.3) is 0 Å². The molecule has 1 atom stereocenters.